The van der Waals surface area contributed by atoms with Crippen molar-refractivity contribution in [2.24, 2.45) is 0 Å². The molecule has 318 valence electrons. The highest BCUT2D eigenvalue weighted by Gasteiger charge is 2.25. The molecule has 0 aromatic heterocycles. The van der Waals surface area contributed by atoms with Gasteiger partial charge in [-0.05, 0) is 83.5 Å². The summed E-state index contributed by atoms with van der Waals surface area (Å²) in [5, 5.41) is 11.6. The molecule has 0 spiro atoms. The van der Waals surface area contributed by atoms with Crippen LogP contribution < -0.4 is 5.11 Å². The highest BCUT2D eigenvalue weighted by atomic mass is 16.6. The highest BCUT2D eigenvalue weighted by molar-refractivity contribution is 5.70. The molecule has 8 heteroatoms. The lowest BCUT2D eigenvalue weighted by atomic mass is 10.1. The number of likely N-dealkylation sites (N-methyl/N-ethyl adjacent to an activating group) is 1. The maximum Gasteiger partial charge on any atom is 0.306 e. The molecule has 0 rings (SSSR count). The summed E-state index contributed by atoms with van der Waals surface area (Å²) >= 11 is 0. The fourth-order valence-electron chi connectivity index (χ4n) is 5.64. The van der Waals surface area contributed by atoms with E-state index in [9.17, 15) is 19.5 Å². The Labute approximate surface area is 342 Å². The number of ether oxygens (including phenoxy) is 3. The summed E-state index contributed by atoms with van der Waals surface area (Å²) in [6, 6.07) is -0.737. The van der Waals surface area contributed by atoms with Gasteiger partial charge in [-0.3, -0.25) is 9.59 Å². The van der Waals surface area contributed by atoms with Gasteiger partial charge in [0, 0.05) is 19.3 Å². The summed E-state index contributed by atoms with van der Waals surface area (Å²) in [4.78, 5) is 36.7. The smallest absolute Gasteiger partial charge is 0.306 e. The van der Waals surface area contributed by atoms with Crippen LogP contribution in [0.4, 0.5) is 0 Å². The molecule has 0 aromatic carbocycles. The molecule has 0 N–H and O–H groups in total. The predicted molar refractivity (Wildman–Crippen MR) is 231 cm³/mol. The van der Waals surface area contributed by atoms with Gasteiger partial charge >= 0.3 is 11.9 Å². The Morgan fingerprint density at radius 3 is 1.50 bits per heavy atom. The average Bonchev–Trinajstić information content (AvgIpc) is 3.15. The van der Waals surface area contributed by atoms with Gasteiger partial charge in [-0.2, -0.15) is 0 Å². The summed E-state index contributed by atoms with van der Waals surface area (Å²) in [5.74, 6) is -1.81. The van der Waals surface area contributed by atoms with Crippen molar-refractivity contribution < 1.29 is 38.2 Å². The van der Waals surface area contributed by atoms with Gasteiger partial charge in [0.1, 0.15) is 12.6 Å². The van der Waals surface area contributed by atoms with Gasteiger partial charge in [0.2, 0.25) is 0 Å². The Balaban J connectivity index is 4.41. The Hall–Kier alpha value is -3.49. The van der Waals surface area contributed by atoms with Crippen molar-refractivity contribution >= 4 is 17.9 Å². The molecule has 2 atom stereocenters. The number of carboxylic acid groups (broad SMARTS) is 1. The zero-order valence-electron chi connectivity index (χ0n) is 36.0. The van der Waals surface area contributed by atoms with Crippen molar-refractivity contribution in [1.82, 2.24) is 0 Å². The third kappa shape index (κ3) is 36.2. The minimum absolute atomic E-state index is 0.0182. The van der Waals surface area contributed by atoms with Crippen LogP contribution in [-0.4, -0.2) is 75.5 Å². The number of carbonyl (C=O) groups is 3. The van der Waals surface area contributed by atoms with Gasteiger partial charge in [-0.25, -0.2) is 0 Å². The molecule has 0 aliphatic carbocycles. The number of allylic oxidation sites excluding steroid dienone is 14. The highest BCUT2D eigenvalue weighted by Crippen LogP contribution is 2.11. The molecule has 56 heavy (non-hydrogen) atoms. The van der Waals surface area contributed by atoms with E-state index in [1.165, 1.54) is 12.8 Å². The Morgan fingerprint density at radius 1 is 0.554 bits per heavy atom. The summed E-state index contributed by atoms with van der Waals surface area (Å²) in [7, 11) is 5.38. The van der Waals surface area contributed by atoms with E-state index in [1.54, 1.807) is 21.1 Å². The van der Waals surface area contributed by atoms with Crippen molar-refractivity contribution in [3.8, 4) is 0 Å². The quantitative estimate of drug-likeness (QED) is 0.0268. The van der Waals surface area contributed by atoms with Gasteiger partial charge < -0.3 is 28.6 Å². The lowest BCUT2D eigenvalue weighted by molar-refractivity contribution is -0.889. The van der Waals surface area contributed by atoms with Crippen LogP contribution in [-0.2, 0) is 28.6 Å². The van der Waals surface area contributed by atoms with Gasteiger partial charge in [0.05, 0.1) is 40.3 Å². The third-order valence-corrected chi connectivity index (χ3v) is 9.02. The molecule has 0 heterocycles. The standard InChI is InChI=1S/C48H79NO7/c1-6-8-10-12-14-16-18-19-20-21-22-23-24-25-26-27-28-29-31-33-35-37-39-47(51)56-44(42-54-41-40-45(48(52)53)49(3,4)5)43-55-46(50)38-36-34-32-30-17-15-13-11-9-7-2/h8,10,13-16,19-20,22-23,25-26,28-29,44-45H,6-7,9,11-12,17-18,21,24,27,30-43H2,1-5H3/b10-8+,15-13+,16-14+,20-19+,23-22+,26-25+,29-28+. The van der Waals surface area contributed by atoms with Crippen molar-refractivity contribution in [3.05, 3.63) is 85.1 Å². The van der Waals surface area contributed by atoms with Gasteiger partial charge in [-0.15, -0.1) is 0 Å². The minimum Gasteiger partial charge on any atom is -0.544 e. The van der Waals surface area contributed by atoms with E-state index < -0.39 is 18.1 Å². The Morgan fingerprint density at radius 2 is 1.00 bits per heavy atom. The average molecular weight is 782 g/mol. The van der Waals surface area contributed by atoms with Crippen molar-refractivity contribution in [2.75, 3.05) is 41.0 Å². The first-order chi connectivity index (χ1) is 27.1. The van der Waals surface area contributed by atoms with Crippen LogP contribution in [0.1, 0.15) is 149 Å². The number of hydrogen-bond acceptors (Lipinski definition) is 7. The van der Waals surface area contributed by atoms with Gasteiger partial charge in [0.15, 0.2) is 6.10 Å². The van der Waals surface area contributed by atoms with Crippen LogP contribution in [0, 0.1) is 0 Å². The molecule has 2 unspecified atom stereocenters. The minimum atomic E-state index is -1.14. The van der Waals surface area contributed by atoms with E-state index in [0.29, 0.717) is 12.8 Å². The van der Waals surface area contributed by atoms with E-state index >= 15 is 0 Å². The number of nitrogens with zero attached hydrogens (tertiary/aromatic N) is 1. The van der Waals surface area contributed by atoms with Crippen molar-refractivity contribution in [1.29, 1.82) is 0 Å². The fourth-order valence-corrected chi connectivity index (χ4v) is 5.64. The van der Waals surface area contributed by atoms with Crippen LogP contribution in [0.25, 0.3) is 0 Å². The van der Waals surface area contributed by atoms with Crippen molar-refractivity contribution in [3.63, 3.8) is 0 Å². The first-order valence-corrected chi connectivity index (χ1v) is 21.6. The molecule has 0 aromatic rings. The maximum atomic E-state index is 12.7. The fraction of sp³-hybridized carbons (Fsp3) is 0.646. The molecule has 0 saturated carbocycles. The first kappa shape index (κ1) is 52.5. The SMILES string of the molecule is CC/C=C/C/C=C/C/C=C/C/C=C/C/C=C/C/C=C/CCCCCC(=O)OC(COCCC(C(=O)[O-])[N+](C)(C)C)COC(=O)CCCCCC/C=C/CCCC. The number of carbonyl (C=O) groups excluding carboxylic acids is 3. The normalized spacial score (nSPS) is 13.8. The van der Waals surface area contributed by atoms with Crippen LogP contribution in [0.15, 0.2) is 85.1 Å². The molecule has 0 amide bonds. The zero-order chi connectivity index (χ0) is 41.4. The molecule has 0 aliphatic heterocycles. The molecule has 0 saturated heterocycles. The van der Waals surface area contributed by atoms with Gasteiger partial charge in [0.25, 0.3) is 0 Å². The van der Waals surface area contributed by atoms with E-state index in [1.807, 2.05) is 0 Å². The van der Waals surface area contributed by atoms with E-state index in [4.69, 9.17) is 14.2 Å². The molecule has 8 nitrogen and oxygen atoms in total. The van der Waals surface area contributed by atoms with Crippen LogP contribution >= 0.6 is 0 Å². The Bertz CT molecular complexity index is 1190. The molecular formula is C48H79NO7. The number of esters is 2. The molecule has 0 aliphatic rings. The number of unbranched alkanes of at least 4 members (excludes halogenated alkanes) is 9. The summed E-state index contributed by atoms with van der Waals surface area (Å²) in [5.41, 5.74) is 0. The maximum absolute atomic E-state index is 12.7. The molecular weight excluding hydrogens is 703 g/mol. The summed E-state index contributed by atoms with van der Waals surface area (Å²) < 4.78 is 17.1. The number of hydrogen-bond donors (Lipinski definition) is 0. The van der Waals surface area contributed by atoms with Crippen LogP contribution in [0.5, 0.6) is 0 Å². The summed E-state index contributed by atoms with van der Waals surface area (Å²) in [6.07, 6.45) is 49.0. The first-order valence-electron chi connectivity index (χ1n) is 21.6. The van der Waals surface area contributed by atoms with E-state index in [-0.39, 0.29) is 49.1 Å². The monoisotopic (exact) mass is 782 g/mol. The van der Waals surface area contributed by atoms with E-state index in [0.717, 1.165) is 96.3 Å². The van der Waals surface area contributed by atoms with Crippen LogP contribution in [0.2, 0.25) is 0 Å². The molecule has 0 bridgehead atoms. The summed E-state index contributed by atoms with van der Waals surface area (Å²) in [6.45, 7) is 4.43. The topological polar surface area (TPSA) is 102 Å². The molecule has 0 fully saturated rings. The lowest BCUT2D eigenvalue weighted by Gasteiger charge is -2.34. The number of aliphatic carboxylic acids is 1. The van der Waals surface area contributed by atoms with Crippen molar-refractivity contribution in [2.45, 2.75) is 161 Å². The zero-order valence-corrected chi connectivity index (χ0v) is 36.0. The largest absolute Gasteiger partial charge is 0.544 e. The molecule has 0 radical (unpaired) electrons. The third-order valence-electron chi connectivity index (χ3n) is 9.02. The van der Waals surface area contributed by atoms with Gasteiger partial charge in [-0.1, -0.05) is 131 Å². The Kier molecular flexibility index (Phi) is 36.0. The second-order valence-electron chi connectivity index (χ2n) is 15.2. The van der Waals surface area contributed by atoms with Crippen LogP contribution in [0.3, 0.4) is 0 Å². The number of quaternary nitrogens is 1. The number of rotatable bonds is 37. The number of carboxylic acids is 1. The van der Waals surface area contributed by atoms with E-state index in [2.05, 4.69) is 98.9 Å². The lowest BCUT2D eigenvalue weighted by Crippen LogP contribution is -2.55. The second-order valence-corrected chi connectivity index (χ2v) is 15.2. The second kappa shape index (κ2) is 38.4. The predicted octanol–water partition coefficient (Wildman–Crippen LogP) is 10.4.